The van der Waals surface area contributed by atoms with Crippen molar-refractivity contribution in [2.75, 3.05) is 18.1 Å². The summed E-state index contributed by atoms with van der Waals surface area (Å²) in [5.41, 5.74) is 0.643. The first kappa shape index (κ1) is 14.2. The molecule has 0 bridgehead atoms. The van der Waals surface area contributed by atoms with Crippen molar-refractivity contribution in [1.82, 2.24) is 5.32 Å². The average Bonchev–Trinajstić information content (AvgIpc) is 2.90. The van der Waals surface area contributed by atoms with Crippen LogP contribution in [-0.2, 0) is 9.53 Å². The van der Waals surface area contributed by atoms with Crippen molar-refractivity contribution in [2.45, 2.75) is 18.9 Å². The number of carbonyl (C=O) groups excluding carboxylic acids is 2. The number of hydrogen-bond donors (Lipinski definition) is 1. The first-order valence-electron chi connectivity index (χ1n) is 7.95. The molecule has 2 fully saturated rings. The Labute approximate surface area is 134 Å². The molecule has 4 rings (SSSR count). The van der Waals surface area contributed by atoms with Gasteiger partial charge in [-0.1, -0.05) is 36.4 Å². The zero-order valence-corrected chi connectivity index (χ0v) is 12.7. The SMILES string of the molecule is O=C1N[C@@H]([C@H]2CCCOC2)C(=O)N1c1cccc2ccccc12. The van der Waals surface area contributed by atoms with E-state index in [0.717, 1.165) is 30.2 Å². The molecule has 23 heavy (non-hydrogen) atoms. The summed E-state index contributed by atoms with van der Waals surface area (Å²) < 4.78 is 5.47. The average molecular weight is 310 g/mol. The van der Waals surface area contributed by atoms with Gasteiger partial charge in [-0.25, -0.2) is 9.69 Å². The van der Waals surface area contributed by atoms with E-state index in [9.17, 15) is 9.59 Å². The van der Waals surface area contributed by atoms with Gasteiger partial charge in [0.15, 0.2) is 0 Å². The molecule has 0 aromatic heterocycles. The standard InChI is InChI=1S/C18H18N2O3/c21-17-16(13-7-4-10-23-11-13)19-18(22)20(17)15-9-3-6-12-5-1-2-8-14(12)15/h1-3,5-6,8-9,13,16H,4,7,10-11H2,(H,19,22)/t13-,16-/m0/s1. The number of urea groups is 1. The van der Waals surface area contributed by atoms with Gasteiger partial charge in [0, 0.05) is 17.9 Å². The third-order valence-corrected chi connectivity index (χ3v) is 4.64. The molecule has 2 aliphatic heterocycles. The quantitative estimate of drug-likeness (QED) is 0.868. The summed E-state index contributed by atoms with van der Waals surface area (Å²) in [4.78, 5) is 26.6. The van der Waals surface area contributed by atoms with Crippen molar-refractivity contribution in [3.8, 4) is 0 Å². The highest BCUT2D eigenvalue weighted by atomic mass is 16.5. The van der Waals surface area contributed by atoms with Crippen LogP contribution in [0.5, 0.6) is 0 Å². The number of amides is 3. The molecular weight excluding hydrogens is 292 g/mol. The van der Waals surface area contributed by atoms with E-state index in [1.807, 2.05) is 42.5 Å². The molecule has 2 aromatic carbocycles. The molecule has 118 valence electrons. The van der Waals surface area contributed by atoms with Gasteiger partial charge in [-0.15, -0.1) is 0 Å². The van der Waals surface area contributed by atoms with E-state index in [-0.39, 0.29) is 17.9 Å². The molecule has 5 nitrogen and oxygen atoms in total. The van der Waals surface area contributed by atoms with Crippen LogP contribution in [0.15, 0.2) is 42.5 Å². The molecule has 0 radical (unpaired) electrons. The fourth-order valence-electron chi connectivity index (χ4n) is 3.48. The number of anilines is 1. The normalized spacial score (nSPS) is 25.0. The Bertz CT molecular complexity index is 762. The molecule has 2 aromatic rings. The number of imide groups is 1. The molecule has 2 atom stereocenters. The number of fused-ring (bicyclic) bond motifs is 1. The molecule has 0 saturated carbocycles. The summed E-state index contributed by atoms with van der Waals surface area (Å²) in [6.45, 7) is 1.26. The van der Waals surface area contributed by atoms with Gasteiger partial charge in [-0.3, -0.25) is 4.79 Å². The van der Waals surface area contributed by atoms with Crippen LogP contribution in [0.1, 0.15) is 12.8 Å². The maximum atomic E-state index is 12.8. The van der Waals surface area contributed by atoms with Gasteiger partial charge in [-0.05, 0) is 24.3 Å². The van der Waals surface area contributed by atoms with Crippen molar-refractivity contribution >= 4 is 28.4 Å². The predicted molar refractivity (Wildman–Crippen MR) is 87.3 cm³/mol. The van der Waals surface area contributed by atoms with Crippen LogP contribution in [0.2, 0.25) is 0 Å². The molecule has 5 heteroatoms. The molecule has 2 heterocycles. The molecule has 2 saturated heterocycles. The van der Waals surface area contributed by atoms with Crippen LogP contribution in [0, 0.1) is 5.92 Å². The second-order valence-electron chi connectivity index (χ2n) is 6.08. The van der Waals surface area contributed by atoms with E-state index in [1.54, 1.807) is 0 Å². The van der Waals surface area contributed by atoms with Crippen LogP contribution in [0.4, 0.5) is 10.5 Å². The van der Waals surface area contributed by atoms with E-state index in [1.165, 1.54) is 4.90 Å². The van der Waals surface area contributed by atoms with Crippen molar-refractivity contribution in [2.24, 2.45) is 5.92 Å². The first-order valence-corrected chi connectivity index (χ1v) is 7.95. The topological polar surface area (TPSA) is 58.6 Å². The highest BCUT2D eigenvalue weighted by Gasteiger charge is 2.44. The molecular formula is C18H18N2O3. The van der Waals surface area contributed by atoms with Crippen LogP contribution in [-0.4, -0.2) is 31.2 Å². The number of hydrogen-bond acceptors (Lipinski definition) is 3. The maximum absolute atomic E-state index is 12.8. The highest BCUT2D eigenvalue weighted by Crippen LogP contribution is 2.31. The lowest BCUT2D eigenvalue weighted by Gasteiger charge is -2.25. The molecule has 1 N–H and O–H groups in total. The first-order chi connectivity index (χ1) is 11.3. The van der Waals surface area contributed by atoms with Crippen molar-refractivity contribution in [3.05, 3.63) is 42.5 Å². The highest BCUT2D eigenvalue weighted by molar-refractivity contribution is 6.24. The Hall–Kier alpha value is -2.40. The van der Waals surface area contributed by atoms with Gasteiger partial charge in [0.25, 0.3) is 5.91 Å². The maximum Gasteiger partial charge on any atom is 0.329 e. The molecule has 0 unspecified atom stereocenters. The second kappa shape index (κ2) is 5.66. The fourth-order valence-corrected chi connectivity index (χ4v) is 3.48. The summed E-state index contributed by atoms with van der Waals surface area (Å²) in [7, 11) is 0. The lowest BCUT2D eigenvalue weighted by Crippen LogP contribution is -2.41. The number of ether oxygens (including phenoxy) is 1. The van der Waals surface area contributed by atoms with Crippen LogP contribution >= 0.6 is 0 Å². The van der Waals surface area contributed by atoms with Gasteiger partial charge in [0.2, 0.25) is 0 Å². The third kappa shape index (κ3) is 2.37. The van der Waals surface area contributed by atoms with Crippen LogP contribution in [0.25, 0.3) is 10.8 Å². The molecule has 0 spiro atoms. The van der Waals surface area contributed by atoms with Gasteiger partial charge < -0.3 is 10.1 Å². The van der Waals surface area contributed by atoms with E-state index in [0.29, 0.717) is 12.3 Å². The summed E-state index contributed by atoms with van der Waals surface area (Å²) in [6.07, 6.45) is 1.83. The zero-order valence-electron chi connectivity index (χ0n) is 12.7. The molecule has 3 amide bonds. The van der Waals surface area contributed by atoms with Crippen molar-refractivity contribution in [3.63, 3.8) is 0 Å². The summed E-state index contributed by atoms with van der Waals surface area (Å²) >= 11 is 0. The molecule has 0 aliphatic carbocycles. The number of nitrogens with one attached hydrogen (secondary N) is 1. The smallest absolute Gasteiger partial charge is 0.329 e. The van der Waals surface area contributed by atoms with Crippen LogP contribution < -0.4 is 10.2 Å². The van der Waals surface area contributed by atoms with E-state index in [4.69, 9.17) is 4.74 Å². The monoisotopic (exact) mass is 310 g/mol. The lowest BCUT2D eigenvalue weighted by molar-refractivity contribution is -0.120. The Morgan fingerprint density at radius 1 is 1.09 bits per heavy atom. The van der Waals surface area contributed by atoms with E-state index in [2.05, 4.69) is 5.32 Å². The minimum atomic E-state index is -0.484. The van der Waals surface area contributed by atoms with Gasteiger partial charge >= 0.3 is 6.03 Å². The van der Waals surface area contributed by atoms with Gasteiger partial charge in [0.05, 0.1) is 12.3 Å². The Morgan fingerprint density at radius 3 is 2.74 bits per heavy atom. The van der Waals surface area contributed by atoms with E-state index < -0.39 is 6.04 Å². The second-order valence-corrected chi connectivity index (χ2v) is 6.08. The largest absolute Gasteiger partial charge is 0.381 e. The zero-order chi connectivity index (χ0) is 15.8. The number of rotatable bonds is 2. The predicted octanol–water partition coefficient (Wildman–Crippen LogP) is 2.69. The van der Waals surface area contributed by atoms with E-state index >= 15 is 0 Å². The van der Waals surface area contributed by atoms with Crippen molar-refractivity contribution < 1.29 is 14.3 Å². The summed E-state index contributed by atoms with van der Waals surface area (Å²) in [5, 5.41) is 4.76. The number of nitrogens with zero attached hydrogens (tertiary/aromatic N) is 1. The Morgan fingerprint density at radius 2 is 1.91 bits per heavy atom. The summed E-state index contributed by atoms with van der Waals surface area (Å²) in [6, 6.07) is 12.6. The fraction of sp³-hybridized carbons (Fsp3) is 0.333. The Balaban J connectivity index is 1.71. The van der Waals surface area contributed by atoms with Crippen LogP contribution in [0.3, 0.4) is 0 Å². The number of benzene rings is 2. The minimum Gasteiger partial charge on any atom is -0.381 e. The minimum absolute atomic E-state index is 0.0557. The van der Waals surface area contributed by atoms with Gasteiger partial charge in [-0.2, -0.15) is 0 Å². The molecule has 2 aliphatic rings. The number of carbonyl (C=O) groups is 2. The lowest BCUT2D eigenvalue weighted by atomic mass is 9.93. The Kier molecular flexibility index (Phi) is 3.50. The van der Waals surface area contributed by atoms with Crippen molar-refractivity contribution in [1.29, 1.82) is 0 Å². The summed E-state index contributed by atoms with van der Waals surface area (Å²) in [5.74, 6) is -0.123. The van der Waals surface area contributed by atoms with Gasteiger partial charge in [0.1, 0.15) is 6.04 Å². The third-order valence-electron chi connectivity index (χ3n) is 4.64.